The highest BCUT2D eigenvalue weighted by molar-refractivity contribution is 5.65. The quantitative estimate of drug-likeness (QED) is 0.606. The van der Waals surface area contributed by atoms with E-state index in [1.54, 1.807) is 0 Å². The van der Waals surface area contributed by atoms with Gasteiger partial charge in [0.15, 0.2) is 6.20 Å². The summed E-state index contributed by atoms with van der Waals surface area (Å²) in [5.41, 5.74) is 4.70. The number of aromatic nitrogens is 2. The highest BCUT2D eigenvalue weighted by atomic mass is 19.4. The molecule has 3 aromatic rings. The lowest BCUT2D eigenvalue weighted by Gasteiger charge is -2.10. The summed E-state index contributed by atoms with van der Waals surface area (Å²) in [6, 6.07) is 13.1. The Morgan fingerprint density at radius 2 is 1.56 bits per heavy atom. The molecule has 0 saturated carbocycles. The predicted octanol–water partition coefficient (Wildman–Crippen LogP) is 4.88. The van der Waals surface area contributed by atoms with Crippen molar-refractivity contribution in [2.45, 2.75) is 20.0 Å². The van der Waals surface area contributed by atoms with E-state index in [1.807, 2.05) is 55.9 Å². The summed E-state index contributed by atoms with van der Waals surface area (Å²) in [4.78, 5) is 4.61. The van der Waals surface area contributed by atoms with Crippen molar-refractivity contribution < 1.29 is 17.7 Å². The Morgan fingerprint density at radius 3 is 2.12 bits per heavy atom. The van der Waals surface area contributed by atoms with E-state index >= 15 is 0 Å². The van der Waals surface area contributed by atoms with Crippen LogP contribution in [0.5, 0.6) is 0 Å². The molecular weight excluding hydrogens is 325 g/mol. The molecule has 0 spiro atoms. The summed E-state index contributed by atoms with van der Waals surface area (Å²) in [5.74, 6) is 0. The molecule has 0 fully saturated rings. The van der Waals surface area contributed by atoms with Crippen LogP contribution in [-0.2, 0) is 13.2 Å². The molecule has 0 atom stereocenters. The third-order valence-electron chi connectivity index (χ3n) is 4.21. The van der Waals surface area contributed by atoms with Gasteiger partial charge in [0.25, 0.3) is 0 Å². The third-order valence-corrected chi connectivity index (χ3v) is 4.21. The third kappa shape index (κ3) is 3.40. The topological polar surface area (TPSA) is 16.8 Å². The zero-order valence-corrected chi connectivity index (χ0v) is 14.2. The van der Waals surface area contributed by atoms with E-state index in [-0.39, 0.29) is 0 Å². The SMILES string of the molecule is Cc1ccccc1-c1c(C)nc(-c2ccc(C(F)(F)F)cc2)c[n+]1C. The van der Waals surface area contributed by atoms with Crippen LogP contribution in [0, 0.1) is 13.8 Å². The summed E-state index contributed by atoms with van der Waals surface area (Å²) in [6.07, 6.45) is -2.49. The Kier molecular flexibility index (Phi) is 4.33. The van der Waals surface area contributed by atoms with Crippen LogP contribution in [-0.4, -0.2) is 4.98 Å². The van der Waals surface area contributed by atoms with Crippen LogP contribution in [0.4, 0.5) is 13.2 Å². The second-order valence-electron chi connectivity index (χ2n) is 6.06. The zero-order chi connectivity index (χ0) is 18.2. The van der Waals surface area contributed by atoms with Gasteiger partial charge in [0.1, 0.15) is 18.4 Å². The van der Waals surface area contributed by atoms with Crippen molar-refractivity contribution >= 4 is 0 Å². The first-order valence-corrected chi connectivity index (χ1v) is 7.88. The van der Waals surface area contributed by atoms with E-state index < -0.39 is 11.7 Å². The van der Waals surface area contributed by atoms with E-state index in [0.29, 0.717) is 11.3 Å². The van der Waals surface area contributed by atoms with Crippen molar-refractivity contribution in [1.29, 1.82) is 0 Å². The summed E-state index contributed by atoms with van der Waals surface area (Å²) in [5, 5.41) is 0. The Balaban J connectivity index is 2.05. The molecule has 25 heavy (non-hydrogen) atoms. The lowest BCUT2D eigenvalue weighted by molar-refractivity contribution is -0.660. The first-order chi connectivity index (χ1) is 11.8. The maximum atomic E-state index is 12.7. The molecule has 0 amide bonds. The number of benzene rings is 2. The fraction of sp³-hybridized carbons (Fsp3) is 0.200. The number of hydrogen-bond acceptors (Lipinski definition) is 1. The number of alkyl halides is 3. The van der Waals surface area contributed by atoms with Crippen LogP contribution in [0.3, 0.4) is 0 Å². The molecule has 0 aliphatic carbocycles. The van der Waals surface area contributed by atoms with Gasteiger partial charge in [-0.1, -0.05) is 30.3 Å². The average Bonchev–Trinajstić information content (AvgIpc) is 2.55. The number of rotatable bonds is 2. The van der Waals surface area contributed by atoms with Gasteiger partial charge < -0.3 is 0 Å². The van der Waals surface area contributed by atoms with Crippen molar-refractivity contribution in [1.82, 2.24) is 4.98 Å². The minimum Gasteiger partial charge on any atom is -0.240 e. The lowest BCUT2D eigenvalue weighted by atomic mass is 10.0. The zero-order valence-electron chi connectivity index (χ0n) is 14.2. The molecule has 2 nitrogen and oxygen atoms in total. The largest absolute Gasteiger partial charge is 0.416 e. The fourth-order valence-electron chi connectivity index (χ4n) is 2.96. The first kappa shape index (κ1) is 17.1. The lowest BCUT2D eigenvalue weighted by Crippen LogP contribution is -2.33. The van der Waals surface area contributed by atoms with Crippen molar-refractivity contribution in [3.8, 4) is 22.5 Å². The minimum atomic E-state index is -4.33. The number of nitrogens with zero attached hydrogens (tertiary/aromatic N) is 2. The van der Waals surface area contributed by atoms with E-state index in [2.05, 4.69) is 4.98 Å². The minimum absolute atomic E-state index is 0.644. The average molecular weight is 343 g/mol. The molecule has 128 valence electrons. The molecule has 0 unspecified atom stereocenters. The van der Waals surface area contributed by atoms with Crippen LogP contribution in [0.1, 0.15) is 16.8 Å². The van der Waals surface area contributed by atoms with Crippen molar-refractivity contribution in [3.63, 3.8) is 0 Å². The molecule has 1 heterocycles. The van der Waals surface area contributed by atoms with E-state index in [4.69, 9.17) is 0 Å². The Morgan fingerprint density at radius 1 is 0.920 bits per heavy atom. The van der Waals surface area contributed by atoms with Gasteiger partial charge in [-0.3, -0.25) is 0 Å². The molecule has 0 N–H and O–H groups in total. The maximum Gasteiger partial charge on any atom is 0.416 e. The number of aryl methyl sites for hydroxylation is 3. The van der Waals surface area contributed by atoms with Crippen LogP contribution >= 0.6 is 0 Å². The fourth-order valence-corrected chi connectivity index (χ4v) is 2.96. The van der Waals surface area contributed by atoms with Crippen LogP contribution in [0.15, 0.2) is 54.7 Å². The Hall–Kier alpha value is -2.69. The van der Waals surface area contributed by atoms with Crippen molar-refractivity contribution in [2.75, 3.05) is 0 Å². The van der Waals surface area contributed by atoms with Gasteiger partial charge in [-0.2, -0.15) is 17.7 Å². The predicted molar refractivity (Wildman–Crippen MR) is 90.8 cm³/mol. The van der Waals surface area contributed by atoms with Gasteiger partial charge in [0, 0.05) is 5.56 Å². The smallest absolute Gasteiger partial charge is 0.240 e. The van der Waals surface area contributed by atoms with Crippen molar-refractivity contribution in [2.24, 2.45) is 7.05 Å². The monoisotopic (exact) mass is 343 g/mol. The van der Waals surface area contributed by atoms with Crippen LogP contribution in [0.25, 0.3) is 22.5 Å². The molecule has 0 bridgehead atoms. The molecule has 5 heteroatoms. The summed E-state index contributed by atoms with van der Waals surface area (Å²) >= 11 is 0. The van der Waals surface area contributed by atoms with E-state index in [9.17, 15) is 13.2 Å². The molecule has 0 saturated heterocycles. The molecule has 2 aromatic carbocycles. The maximum absolute atomic E-state index is 12.7. The van der Waals surface area contributed by atoms with Gasteiger partial charge in [-0.15, -0.1) is 0 Å². The van der Waals surface area contributed by atoms with Gasteiger partial charge in [-0.05, 0) is 37.6 Å². The van der Waals surface area contributed by atoms with Crippen LogP contribution in [0.2, 0.25) is 0 Å². The molecular formula is C20H18F3N2+. The van der Waals surface area contributed by atoms with Gasteiger partial charge in [0.05, 0.1) is 11.1 Å². The van der Waals surface area contributed by atoms with E-state index in [1.165, 1.54) is 12.1 Å². The highest BCUT2D eigenvalue weighted by Crippen LogP contribution is 2.31. The van der Waals surface area contributed by atoms with Gasteiger partial charge in [-0.25, -0.2) is 4.98 Å². The number of hydrogen-bond donors (Lipinski definition) is 0. The molecule has 1 aromatic heterocycles. The Bertz CT molecular complexity index is 890. The molecule has 0 radical (unpaired) electrons. The Labute approximate surface area is 144 Å². The normalized spacial score (nSPS) is 11.6. The van der Waals surface area contributed by atoms with Gasteiger partial charge in [0.2, 0.25) is 5.69 Å². The second kappa shape index (κ2) is 6.31. The van der Waals surface area contributed by atoms with E-state index in [0.717, 1.165) is 34.6 Å². The standard InChI is InChI=1S/C20H18F3N2/c1-13-6-4-5-7-17(13)19-14(2)24-18(12-25(19)3)15-8-10-16(11-9-15)20(21,22)23/h4-12H,1-3H3/q+1. The summed E-state index contributed by atoms with van der Waals surface area (Å²) in [7, 11) is 1.92. The molecule has 3 rings (SSSR count). The number of halogens is 3. The molecule has 0 aliphatic rings. The first-order valence-electron chi connectivity index (χ1n) is 7.88. The highest BCUT2D eigenvalue weighted by Gasteiger charge is 2.30. The molecule has 0 aliphatic heterocycles. The van der Waals surface area contributed by atoms with Crippen molar-refractivity contribution in [3.05, 3.63) is 71.5 Å². The van der Waals surface area contributed by atoms with Crippen LogP contribution < -0.4 is 4.57 Å². The second-order valence-corrected chi connectivity index (χ2v) is 6.06. The summed E-state index contributed by atoms with van der Waals surface area (Å²) in [6.45, 7) is 3.95. The summed E-state index contributed by atoms with van der Waals surface area (Å²) < 4.78 is 40.1. The van der Waals surface area contributed by atoms with Gasteiger partial charge >= 0.3 is 6.18 Å².